The average molecular weight is 575 g/mol. The molecule has 1 aromatic heterocycles. The predicted octanol–water partition coefficient (Wildman–Crippen LogP) is 9.83. The number of aromatic nitrogens is 1. The van der Waals surface area contributed by atoms with E-state index in [4.69, 9.17) is 5.73 Å². The second-order valence-corrected chi connectivity index (χ2v) is 12.0. The number of hydrogen-bond donors (Lipinski definition) is 1. The van der Waals surface area contributed by atoms with E-state index in [9.17, 15) is 0 Å². The summed E-state index contributed by atoms with van der Waals surface area (Å²) in [5.74, 6) is 0. The molecule has 0 bridgehead atoms. The van der Waals surface area contributed by atoms with Crippen LogP contribution in [0.3, 0.4) is 0 Å². The first-order valence-corrected chi connectivity index (χ1v) is 15.6. The molecule has 9 rings (SSSR count). The zero-order valence-corrected chi connectivity index (χ0v) is 24.7. The first-order chi connectivity index (χ1) is 22.3. The molecule has 0 radical (unpaired) electrons. The molecule has 7 aromatic rings. The second-order valence-electron chi connectivity index (χ2n) is 12.0. The Morgan fingerprint density at radius 3 is 2.02 bits per heavy atom. The SMILES string of the molecule is N/C=C(\C=C/Cc1ccccn1)c1cc2c(c3ccccc13)-c1ccc3ccccc3c1C21c2ccccc2-c2ccccc21. The van der Waals surface area contributed by atoms with Crippen LogP contribution in [0.2, 0.25) is 0 Å². The minimum atomic E-state index is -0.463. The Morgan fingerprint density at radius 2 is 1.29 bits per heavy atom. The highest BCUT2D eigenvalue weighted by Gasteiger charge is 2.53. The Hall–Kier alpha value is -5.73. The van der Waals surface area contributed by atoms with E-state index in [1.807, 2.05) is 18.3 Å². The maximum atomic E-state index is 6.45. The van der Waals surface area contributed by atoms with Gasteiger partial charge in [0.15, 0.2) is 0 Å². The largest absolute Gasteiger partial charge is 0.404 e. The summed E-state index contributed by atoms with van der Waals surface area (Å²) < 4.78 is 0. The molecule has 0 atom stereocenters. The smallest absolute Gasteiger partial charge is 0.0731 e. The lowest BCUT2D eigenvalue weighted by atomic mass is 9.69. The van der Waals surface area contributed by atoms with E-state index in [2.05, 4.69) is 138 Å². The molecule has 2 aliphatic rings. The van der Waals surface area contributed by atoms with Gasteiger partial charge < -0.3 is 5.73 Å². The average Bonchev–Trinajstić information content (AvgIpc) is 3.58. The zero-order chi connectivity index (χ0) is 30.0. The number of nitrogens with two attached hydrogens (primary N) is 1. The third-order valence-corrected chi connectivity index (χ3v) is 9.82. The van der Waals surface area contributed by atoms with Gasteiger partial charge in [-0.15, -0.1) is 0 Å². The third kappa shape index (κ3) is 3.54. The van der Waals surface area contributed by atoms with E-state index in [-0.39, 0.29) is 0 Å². The van der Waals surface area contributed by atoms with Gasteiger partial charge in [0.25, 0.3) is 0 Å². The normalized spacial score (nSPS) is 14.2. The summed E-state index contributed by atoms with van der Waals surface area (Å²) >= 11 is 0. The van der Waals surface area contributed by atoms with Crippen LogP contribution in [0.1, 0.15) is 33.5 Å². The van der Waals surface area contributed by atoms with Gasteiger partial charge in [0, 0.05) is 24.5 Å². The number of allylic oxidation sites excluding steroid dienone is 3. The number of fused-ring (bicyclic) bond motifs is 14. The van der Waals surface area contributed by atoms with Crippen LogP contribution < -0.4 is 5.73 Å². The van der Waals surface area contributed by atoms with Crippen LogP contribution in [0, 0.1) is 0 Å². The van der Waals surface area contributed by atoms with Gasteiger partial charge in [0.05, 0.1) is 5.41 Å². The molecule has 6 aromatic carbocycles. The molecule has 0 saturated heterocycles. The maximum Gasteiger partial charge on any atom is 0.0731 e. The first kappa shape index (κ1) is 25.7. The Bertz CT molecular complexity index is 2320. The molecule has 0 aliphatic heterocycles. The highest BCUT2D eigenvalue weighted by molar-refractivity contribution is 6.13. The maximum absolute atomic E-state index is 6.45. The minimum Gasteiger partial charge on any atom is -0.404 e. The lowest BCUT2D eigenvalue weighted by molar-refractivity contribution is 0.801. The summed E-state index contributed by atoms with van der Waals surface area (Å²) in [5.41, 5.74) is 19.8. The minimum absolute atomic E-state index is 0.463. The van der Waals surface area contributed by atoms with Crippen molar-refractivity contribution >= 4 is 27.1 Å². The molecule has 1 heterocycles. The van der Waals surface area contributed by atoms with Gasteiger partial charge in [0.1, 0.15) is 0 Å². The van der Waals surface area contributed by atoms with Gasteiger partial charge in [0.2, 0.25) is 0 Å². The van der Waals surface area contributed by atoms with E-state index in [1.165, 1.54) is 66.1 Å². The standard InChI is InChI=1S/C43H30N2/c44-27-29(13-11-15-30-14-9-10-25-45-30)37-26-40-41(35-20-4-3-17-32(35)37)36-24-23-28-12-1-2-16-31(28)42(36)43(40)38-21-7-5-18-33(38)34-19-6-8-22-39(34)43/h1-14,16-27H,15,44H2/b13-11-,29-27+. The molecule has 2 aliphatic carbocycles. The summed E-state index contributed by atoms with van der Waals surface area (Å²) in [5, 5.41) is 5.01. The van der Waals surface area contributed by atoms with Crippen molar-refractivity contribution in [2.45, 2.75) is 11.8 Å². The quantitative estimate of drug-likeness (QED) is 0.213. The molecule has 212 valence electrons. The van der Waals surface area contributed by atoms with Crippen molar-refractivity contribution in [3.63, 3.8) is 0 Å². The van der Waals surface area contributed by atoms with Crippen LogP contribution in [0.4, 0.5) is 0 Å². The molecular formula is C43H30N2. The molecule has 2 N–H and O–H groups in total. The predicted molar refractivity (Wildman–Crippen MR) is 187 cm³/mol. The number of pyridine rings is 1. The molecule has 0 unspecified atom stereocenters. The summed E-state index contributed by atoms with van der Waals surface area (Å²) in [6.07, 6.45) is 8.66. The van der Waals surface area contributed by atoms with Crippen LogP contribution in [0.5, 0.6) is 0 Å². The van der Waals surface area contributed by atoms with Crippen LogP contribution in [0.25, 0.3) is 49.4 Å². The van der Waals surface area contributed by atoms with Gasteiger partial charge in [-0.05, 0) is 95.4 Å². The van der Waals surface area contributed by atoms with Crippen LogP contribution in [0.15, 0.2) is 158 Å². The molecule has 0 amide bonds. The van der Waals surface area contributed by atoms with Crippen molar-refractivity contribution in [2.24, 2.45) is 5.73 Å². The Labute approximate surface area is 262 Å². The monoisotopic (exact) mass is 574 g/mol. The summed E-state index contributed by atoms with van der Waals surface area (Å²) in [6, 6.07) is 48.8. The van der Waals surface area contributed by atoms with E-state index < -0.39 is 5.41 Å². The van der Waals surface area contributed by atoms with E-state index in [0.29, 0.717) is 0 Å². The lowest BCUT2D eigenvalue weighted by Gasteiger charge is -2.32. The van der Waals surface area contributed by atoms with Gasteiger partial charge >= 0.3 is 0 Å². The van der Waals surface area contributed by atoms with E-state index >= 15 is 0 Å². The van der Waals surface area contributed by atoms with Gasteiger partial charge in [-0.2, -0.15) is 0 Å². The fourth-order valence-corrected chi connectivity index (χ4v) is 8.07. The molecule has 45 heavy (non-hydrogen) atoms. The molecule has 0 saturated carbocycles. The topological polar surface area (TPSA) is 38.9 Å². The van der Waals surface area contributed by atoms with E-state index in [0.717, 1.165) is 23.3 Å². The van der Waals surface area contributed by atoms with Crippen molar-refractivity contribution < 1.29 is 0 Å². The van der Waals surface area contributed by atoms with Crippen molar-refractivity contribution in [3.05, 3.63) is 192 Å². The van der Waals surface area contributed by atoms with Crippen molar-refractivity contribution in [2.75, 3.05) is 0 Å². The van der Waals surface area contributed by atoms with Crippen LogP contribution >= 0.6 is 0 Å². The number of benzene rings is 6. The lowest BCUT2D eigenvalue weighted by Crippen LogP contribution is -2.26. The molecule has 0 fully saturated rings. The Morgan fingerprint density at radius 1 is 0.622 bits per heavy atom. The van der Waals surface area contributed by atoms with Crippen molar-refractivity contribution in [1.29, 1.82) is 0 Å². The molecule has 2 nitrogen and oxygen atoms in total. The van der Waals surface area contributed by atoms with Crippen molar-refractivity contribution in [3.8, 4) is 22.3 Å². The molecular weight excluding hydrogens is 544 g/mol. The fraction of sp³-hybridized carbons (Fsp3) is 0.0465. The molecule has 1 spiro atoms. The van der Waals surface area contributed by atoms with Gasteiger partial charge in [-0.3, -0.25) is 4.98 Å². The van der Waals surface area contributed by atoms with E-state index in [1.54, 1.807) is 6.20 Å². The Kier molecular flexibility index (Phi) is 5.66. The third-order valence-electron chi connectivity index (χ3n) is 9.82. The first-order valence-electron chi connectivity index (χ1n) is 15.6. The summed E-state index contributed by atoms with van der Waals surface area (Å²) in [6.45, 7) is 0. The highest BCUT2D eigenvalue weighted by atomic mass is 14.7. The summed E-state index contributed by atoms with van der Waals surface area (Å²) in [4.78, 5) is 4.51. The van der Waals surface area contributed by atoms with Gasteiger partial charge in [-0.1, -0.05) is 127 Å². The van der Waals surface area contributed by atoms with Crippen LogP contribution in [-0.2, 0) is 11.8 Å². The highest BCUT2D eigenvalue weighted by Crippen LogP contribution is 2.65. The van der Waals surface area contributed by atoms with Crippen LogP contribution in [-0.4, -0.2) is 4.98 Å². The van der Waals surface area contributed by atoms with Crippen molar-refractivity contribution in [1.82, 2.24) is 4.98 Å². The Balaban J connectivity index is 1.39. The zero-order valence-electron chi connectivity index (χ0n) is 24.7. The summed E-state index contributed by atoms with van der Waals surface area (Å²) in [7, 11) is 0. The fourth-order valence-electron chi connectivity index (χ4n) is 8.07. The number of nitrogens with zero attached hydrogens (tertiary/aromatic N) is 1. The van der Waals surface area contributed by atoms with Gasteiger partial charge in [-0.25, -0.2) is 0 Å². The second kappa shape index (κ2) is 9.90. The number of rotatable bonds is 4. The molecule has 2 heteroatoms. The number of hydrogen-bond acceptors (Lipinski definition) is 2.